The van der Waals surface area contributed by atoms with E-state index in [0.29, 0.717) is 22.3 Å². The number of nitrogens with zero attached hydrogens (tertiary/aromatic N) is 4. The summed E-state index contributed by atoms with van der Waals surface area (Å²) in [5.74, 6) is -2.03. The van der Waals surface area contributed by atoms with Gasteiger partial charge in [0, 0.05) is 28.6 Å². The molecule has 0 unspecified atom stereocenters. The van der Waals surface area contributed by atoms with Crippen molar-refractivity contribution in [2.45, 2.75) is 6.54 Å². The van der Waals surface area contributed by atoms with Crippen molar-refractivity contribution in [2.24, 2.45) is 0 Å². The van der Waals surface area contributed by atoms with E-state index in [1.165, 1.54) is 18.6 Å². The molecule has 2 N–H and O–H groups in total. The van der Waals surface area contributed by atoms with Crippen molar-refractivity contribution in [3.05, 3.63) is 70.0 Å². The molecule has 0 saturated heterocycles. The number of carbonyl (C=O) groups excluding carboxylic acids is 1. The first-order valence-corrected chi connectivity index (χ1v) is 8.01. The van der Waals surface area contributed by atoms with Crippen molar-refractivity contribution < 1.29 is 14.7 Å². The van der Waals surface area contributed by atoms with Gasteiger partial charge in [0.05, 0.1) is 18.4 Å². The molecule has 0 saturated carbocycles. The number of aromatic carboxylic acids is 1. The molecule has 0 aliphatic carbocycles. The van der Waals surface area contributed by atoms with E-state index in [2.05, 4.69) is 20.4 Å². The van der Waals surface area contributed by atoms with E-state index < -0.39 is 17.6 Å². The van der Waals surface area contributed by atoms with Crippen LogP contribution in [0, 0.1) is 0 Å². The average molecular weight is 392 g/mol. The highest BCUT2D eigenvalue weighted by Crippen LogP contribution is 2.22. The van der Waals surface area contributed by atoms with Gasteiger partial charge in [-0.3, -0.25) is 9.48 Å². The molecule has 26 heavy (non-hydrogen) atoms. The molecule has 0 fully saturated rings. The molecule has 1 amide bonds. The van der Waals surface area contributed by atoms with Crippen LogP contribution >= 0.6 is 23.2 Å². The first kappa shape index (κ1) is 17.8. The summed E-state index contributed by atoms with van der Waals surface area (Å²) >= 11 is 12.0. The number of amides is 1. The van der Waals surface area contributed by atoms with Gasteiger partial charge in [-0.25, -0.2) is 14.8 Å². The fourth-order valence-electron chi connectivity index (χ4n) is 2.19. The molecule has 3 aromatic rings. The third-order valence-corrected chi connectivity index (χ3v) is 3.94. The van der Waals surface area contributed by atoms with Crippen LogP contribution in [0.5, 0.6) is 0 Å². The van der Waals surface area contributed by atoms with Gasteiger partial charge in [0.25, 0.3) is 5.91 Å². The minimum Gasteiger partial charge on any atom is -0.476 e. The highest BCUT2D eigenvalue weighted by atomic mass is 35.5. The van der Waals surface area contributed by atoms with Crippen LogP contribution in [0.2, 0.25) is 10.0 Å². The number of carbonyl (C=O) groups is 2. The Morgan fingerprint density at radius 2 is 1.88 bits per heavy atom. The number of halogens is 2. The third-order valence-electron chi connectivity index (χ3n) is 3.35. The molecule has 0 bridgehead atoms. The number of benzene rings is 1. The lowest BCUT2D eigenvalue weighted by Crippen LogP contribution is -2.19. The SMILES string of the molecule is O=C(O)c1nccnc1C(=O)Nc1cnn(Cc2ccc(Cl)cc2Cl)c1. The van der Waals surface area contributed by atoms with Crippen molar-refractivity contribution in [1.29, 1.82) is 0 Å². The number of carboxylic acid groups (broad SMARTS) is 1. The van der Waals surface area contributed by atoms with Gasteiger partial charge in [-0.2, -0.15) is 5.10 Å². The molecule has 2 aromatic heterocycles. The monoisotopic (exact) mass is 391 g/mol. The summed E-state index contributed by atoms with van der Waals surface area (Å²) in [7, 11) is 0. The van der Waals surface area contributed by atoms with E-state index in [1.807, 2.05) is 0 Å². The van der Waals surface area contributed by atoms with Crippen molar-refractivity contribution >= 4 is 40.8 Å². The van der Waals surface area contributed by atoms with E-state index in [1.54, 1.807) is 29.1 Å². The van der Waals surface area contributed by atoms with Gasteiger partial charge in [-0.05, 0) is 17.7 Å². The Balaban J connectivity index is 1.74. The smallest absolute Gasteiger partial charge is 0.356 e. The lowest BCUT2D eigenvalue weighted by molar-refractivity contribution is 0.0685. The maximum absolute atomic E-state index is 12.2. The minimum atomic E-state index is -1.34. The largest absolute Gasteiger partial charge is 0.476 e. The fourth-order valence-corrected chi connectivity index (χ4v) is 2.66. The number of anilines is 1. The summed E-state index contributed by atoms with van der Waals surface area (Å²) in [6.45, 7) is 0.372. The Labute approximate surface area is 157 Å². The standard InChI is InChI=1S/C16H11Cl2N5O3/c17-10-2-1-9(12(18)5-10)7-23-8-11(6-21-23)22-15(24)13-14(16(25)26)20-4-3-19-13/h1-6,8H,7H2,(H,22,24)(H,25,26). The van der Waals surface area contributed by atoms with Crippen LogP contribution in [0.4, 0.5) is 5.69 Å². The second kappa shape index (κ2) is 7.51. The average Bonchev–Trinajstić information content (AvgIpc) is 3.04. The summed E-state index contributed by atoms with van der Waals surface area (Å²) < 4.78 is 1.57. The predicted octanol–water partition coefficient (Wildman–Crippen LogP) is 2.98. The normalized spacial score (nSPS) is 10.5. The first-order chi connectivity index (χ1) is 12.4. The number of hydrogen-bond acceptors (Lipinski definition) is 5. The lowest BCUT2D eigenvalue weighted by Gasteiger charge is -2.05. The number of hydrogen-bond donors (Lipinski definition) is 2. The van der Waals surface area contributed by atoms with Crippen molar-refractivity contribution in [1.82, 2.24) is 19.7 Å². The van der Waals surface area contributed by atoms with Gasteiger partial charge in [0.2, 0.25) is 0 Å². The van der Waals surface area contributed by atoms with E-state index in [9.17, 15) is 9.59 Å². The molecule has 0 spiro atoms. The van der Waals surface area contributed by atoms with Crippen LogP contribution in [0.3, 0.4) is 0 Å². The number of aromatic nitrogens is 4. The molecule has 2 heterocycles. The highest BCUT2D eigenvalue weighted by molar-refractivity contribution is 6.35. The minimum absolute atomic E-state index is 0.284. The van der Waals surface area contributed by atoms with Gasteiger partial charge in [-0.15, -0.1) is 0 Å². The van der Waals surface area contributed by atoms with Crippen LogP contribution in [0.15, 0.2) is 43.0 Å². The van der Waals surface area contributed by atoms with E-state index >= 15 is 0 Å². The molecule has 0 aliphatic heterocycles. The zero-order valence-corrected chi connectivity index (χ0v) is 14.6. The Morgan fingerprint density at radius 3 is 2.58 bits per heavy atom. The third kappa shape index (κ3) is 3.98. The second-order valence-electron chi connectivity index (χ2n) is 5.18. The molecule has 3 rings (SSSR count). The van der Waals surface area contributed by atoms with Crippen LogP contribution in [-0.2, 0) is 6.54 Å². The van der Waals surface area contributed by atoms with Gasteiger partial charge in [0.1, 0.15) is 0 Å². The fraction of sp³-hybridized carbons (Fsp3) is 0.0625. The van der Waals surface area contributed by atoms with Crippen LogP contribution in [0.25, 0.3) is 0 Å². The Bertz CT molecular complexity index is 990. The molecule has 8 nitrogen and oxygen atoms in total. The quantitative estimate of drug-likeness (QED) is 0.691. The van der Waals surface area contributed by atoms with Gasteiger partial charge in [0.15, 0.2) is 11.4 Å². The topological polar surface area (TPSA) is 110 Å². The van der Waals surface area contributed by atoms with E-state index in [0.717, 1.165) is 5.56 Å². The molecule has 0 aliphatic rings. The predicted molar refractivity (Wildman–Crippen MR) is 94.7 cm³/mol. The van der Waals surface area contributed by atoms with Crippen LogP contribution in [-0.4, -0.2) is 36.7 Å². The van der Waals surface area contributed by atoms with Crippen molar-refractivity contribution in [3.8, 4) is 0 Å². The van der Waals surface area contributed by atoms with Crippen molar-refractivity contribution in [3.63, 3.8) is 0 Å². The Hall–Kier alpha value is -2.97. The summed E-state index contributed by atoms with van der Waals surface area (Å²) in [6.07, 6.45) is 5.46. The number of nitrogens with one attached hydrogen (secondary N) is 1. The molecule has 0 radical (unpaired) electrons. The van der Waals surface area contributed by atoms with Gasteiger partial charge < -0.3 is 10.4 Å². The van der Waals surface area contributed by atoms with Gasteiger partial charge in [-0.1, -0.05) is 29.3 Å². The Kier molecular flexibility index (Phi) is 5.15. The summed E-state index contributed by atoms with van der Waals surface area (Å²) in [6, 6.07) is 5.13. The number of carboxylic acids is 1. The summed E-state index contributed by atoms with van der Waals surface area (Å²) in [4.78, 5) is 30.8. The van der Waals surface area contributed by atoms with Crippen molar-refractivity contribution in [2.75, 3.05) is 5.32 Å². The van der Waals surface area contributed by atoms with Gasteiger partial charge >= 0.3 is 5.97 Å². The van der Waals surface area contributed by atoms with Crippen LogP contribution in [0.1, 0.15) is 26.5 Å². The zero-order chi connectivity index (χ0) is 18.7. The zero-order valence-electron chi connectivity index (χ0n) is 13.1. The Morgan fingerprint density at radius 1 is 1.15 bits per heavy atom. The lowest BCUT2D eigenvalue weighted by atomic mass is 10.2. The second-order valence-corrected chi connectivity index (χ2v) is 6.02. The summed E-state index contributed by atoms with van der Waals surface area (Å²) in [5.41, 5.74) is 0.472. The van der Waals surface area contributed by atoms with Crippen LogP contribution < -0.4 is 5.32 Å². The maximum atomic E-state index is 12.2. The maximum Gasteiger partial charge on any atom is 0.356 e. The van der Waals surface area contributed by atoms with E-state index in [4.69, 9.17) is 28.3 Å². The molecule has 0 atom stereocenters. The number of rotatable bonds is 5. The van der Waals surface area contributed by atoms with E-state index in [-0.39, 0.29) is 5.69 Å². The highest BCUT2D eigenvalue weighted by Gasteiger charge is 2.19. The first-order valence-electron chi connectivity index (χ1n) is 7.26. The molecular weight excluding hydrogens is 381 g/mol. The summed E-state index contributed by atoms with van der Waals surface area (Å²) in [5, 5.41) is 16.8. The molecular formula is C16H11Cl2N5O3. The molecule has 132 valence electrons. The molecule has 10 heteroatoms. The molecule has 1 aromatic carbocycles.